The van der Waals surface area contributed by atoms with Gasteiger partial charge in [0.05, 0.1) is 11.8 Å². The minimum absolute atomic E-state index is 0.381. The van der Waals surface area contributed by atoms with E-state index in [1.54, 1.807) is 13.8 Å². The third kappa shape index (κ3) is 3.02. The van der Waals surface area contributed by atoms with E-state index in [4.69, 9.17) is 0 Å². The minimum Gasteiger partial charge on any atom is -0.245 e. The standard InChI is InChI=1S/C10H18N2O2S2/c1-5-12(16(13,14)8(2)3)6-10-11-9(4)7-15-10/h7-8H,5-6H2,1-4H3. The second-order valence-electron chi connectivity index (χ2n) is 3.90. The van der Waals surface area contributed by atoms with Crippen molar-refractivity contribution in [1.82, 2.24) is 9.29 Å². The highest BCUT2D eigenvalue weighted by Crippen LogP contribution is 2.16. The largest absolute Gasteiger partial charge is 0.245 e. The molecule has 0 bridgehead atoms. The third-order valence-electron chi connectivity index (χ3n) is 2.29. The van der Waals surface area contributed by atoms with Crippen LogP contribution < -0.4 is 0 Å². The summed E-state index contributed by atoms with van der Waals surface area (Å²) in [6.45, 7) is 8.03. The summed E-state index contributed by atoms with van der Waals surface area (Å²) in [5, 5.41) is 2.41. The first-order chi connectivity index (χ1) is 7.37. The molecule has 0 radical (unpaired) electrons. The van der Waals surface area contributed by atoms with Gasteiger partial charge in [-0.25, -0.2) is 13.4 Å². The van der Waals surface area contributed by atoms with Crippen molar-refractivity contribution in [3.63, 3.8) is 0 Å². The fourth-order valence-electron chi connectivity index (χ4n) is 1.31. The Kier molecular flexibility index (Phi) is 4.46. The molecule has 92 valence electrons. The van der Waals surface area contributed by atoms with E-state index in [9.17, 15) is 8.42 Å². The number of aromatic nitrogens is 1. The zero-order chi connectivity index (χ0) is 12.3. The summed E-state index contributed by atoms with van der Waals surface area (Å²) in [6.07, 6.45) is 0. The van der Waals surface area contributed by atoms with Gasteiger partial charge in [-0.3, -0.25) is 0 Å². The Morgan fingerprint density at radius 3 is 2.50 bits per heavy atom. The summed E-state index contributed by atoms with van der Waals surface area (Å²) < 4.78 is 25.4. The summed E-state index contributed by atoms with van der Waals surface area (Å²) >= 11 is 1.50. The first kappa shape index (κ1) is 13.6. The van der Waals surface area contributed by atoms with Crippen molar-refractivity contribution in [2.24, 2.45) is 0 Å². The van der Waals surface area contributed by atoms with Gasteiger partial charge in [0.15, 0.2) is 0 Å². The molecule has 4 nitrogen and oxygen atoms in total. The maximum atomic E-state index is 12.0. The molecule has 0 spiro atoms. The van der Waals surface area contributed by atoms with Crippen LogP contribution >= 0.6 is 11.3 Å². The average Bonchev–Trinajstić information content (AvgIpc) is 2.60. The van der Waals surface area contributed by atoms with Crippen LogP contribution in [0.1, 0.15) is 31.5 Å². The third-order valence-corrected chi connectivity index (χ3v) is 5.54. The number of aryl methyl sites for hydroxylation is 1. The molecule has 0 aliphatic rings. The second-order valence-corrected chi connectivity index (χ2v) is 7.33. The Bertz CT molecular complexity index is 437. The molecule has 1 aromatic rings. The van der Waals surface area contributed by atoms with Crippen LogP contribution in [0.5, 0.6) is 0 Å². The van der Waals surface area contributed by atoms with Crippen molar-refractivity contribution in [2.75, 3.05) is 6.54 Å². The lowest BCUT2D eigenvalue weighted by atomic mass is 10.5. The van der Waals surface area contributed by atoms with Gasteiger partial charge in [0.1, 0.15) is 5.01 Å². The van der Waals surface area contributed by atoms with Crippen LogP contribution in [0.3, 0.4) is 0 Å². The van der Waals surface area contributed by atoms with Crippen molar-refractivity contribution in [3.05, 3.63) is 16.1 Å². The zero-order valence-electron chi connectivity index (χ0n) is 10.1. The monoisotopic (exact) mass is 262 g/mol. The van der Waals surface area contributed by atoms with Crippen LogP contribution in [0.25, 0.3) is 0 Å². The number of nitrogens with zero attached hydrogens (tertiary/aromatic N) is 2. The summed E-state index contributed by atoms with van der Waals surface area (Å²) in [5.74, 6) is 0. The lowest BCUT2D eigenvalue weighted by Gasteiger charge is -2.21. The highest BCUT2D eigenvalue weighted by Gasteiger charge is 2.25. The molecule has 0 aliphatic carbocycles. The van der Waals surface area contributed by atoms with E-state index in [0.717, 1.165) is 10.7 Å². The minimum atomic E-state index is -3.18. The fourth-order valence-corrected chi connectivity index (χ4v) is 3.43. The SMILES string of the molecule is CCN(Cc1nc(C)cs1)S(=O)(=O)C(C)C. The van der Waals surface area contributed by atoms with E-state index >= 15 is 0 Å². The van der Waals surface area contributed by atoms with E-state index in [2.05, 4.69) is 4.98 Å². The van der Waals surface area contributed by atoms with Crippen molar-refractivity contribution >= 4 is 21.4 Å². The Morgan fingerprint density at radius 1 is 1.50 bits per heavy atom. The van der Waals surface area contributed by atoms with Crippen molar-refractivity contribution in [1.29, 1.82) is 0 Å². The van der Waals surface area contributed by atoms with E-state index in [1.165, 1.54) is 15.6 Å². The molecule has 1 heterocycles. The molecule has 1 rings (SSSR count). The van der Waals surface area contributed by atoms with Gasteiger partial charge in [0.2, 0.25) is 10.0 Å². The molecular weight excluding hydrogens is 244 g/mol. The van der Waals surface area contributed by atoms with Gasteiger partial charge < -0.3 is 0 Å². The highest BCUT2D eigenvalue weighted by atomic mass is 32.2. The molecule has 16 heavy (non-hydrogen) atoms. The van der Waals surface area contributed by atoms with Gasteiger partial charge in [0, 0.05) is 17.6 Å². The first-order valence-corrected chi connectivity index (χ1v) is 7.66. The van der Waals surface area contributed by atoms with Gasteiger partial charge in [-0.1, -0.05) is 6.92 Å². The summed E-state index contributed by atoms with van der Waals surface area (Å²) in [6, 6.07) is 0. The van der Waals surface area contributed by atoms with Gasteiger partial charge in [0.25, 0.3) is 0 Å². The number of hydrogen-bond acceptors (Lipinski definition) is 4. The highest BCUT2D eigenvalue weighted by molar-refractivity contribution is 7.89. The van der Waals surface area contributed by atoms with E-state index in [0.29, 0.717) is 13.1 Å². The van der Waals surface area contributed by atoms with Gasteiger partial charge >= 0.3 is 0 Å². The molecule has 1 aromatic heterocycles. The predicted octanol–water partition coefficient (Wildman–Crippen LogP) is 2.01. The topological polar surface area (TPSA) is 50.3 Å². The van der Waals surface area contributed by atoms with E-state index < -0.39 is 10.0 Å². The van der Waals surface area contributed by atoms with Crippen LogP contribution in [0.4, 0.5) is 0 Å². The molecule has 0 unspecified atom stereocenters. The molecule has 0 saturated carbocycles. The molecule has 0 atom stereocenters. The van der Waals surface area contributed by atoms with Crippen LogP contribution in [-0.4, -0.2) is 29.5 Å². The van der Waals surface area contributed by atoms with Crippen molar-refractivity contribution < 1.29 is 8.42 Å². The van der Waals surface area contributed by atoms with Crippen LogP contribution in [0.2, 0.25) is 0 Å². The molecular formula is C10H18N2O2S2. The average molecular weight is 262 g/mol. The Hall–Kier alpha value is -0.460. The van der Waals surface area contributed by atoms with Crippen LogP contribution in [0.15, 0.2) is 5.38 Å². The first-order valence-electron chi connectivity index (χ1n) is 5.28. The van der Waals surface area contributed by atoms with Crippen molar-refractivity contribution in [2.45, 2.75) is 39.5 Å². The number of thiazole rings is 1. The number of hydrogen-bond donors (Lipinski definition) is 0. The van der Waals surface area contributed by atoms with E-state index in [1.807, 2.05) is 19.2 Å². The Balaban J connectivity index is 2.85. The maximum Gasteiger partial charge on any atom is 0.216 e. The van der Waals surface area contributed by atoms with Gasteiger partial charge in [-0.15, -0.1) is 11.3 Å². The Morgan fingerprint density at radius 2 is 2.12 bits per heavy atom. The van der Waals surface area contributed by atoms with Crippen LogP contribution in [-0.2, 0) is 16.6 Å². The quantitative estimate of drug-likeness (QED) is 0.815. The van der Waals surface area contributed by atoms with E-state index in [-0.39, 0.29) is 5.25 Å². The summed E-state index contributed by atoms with van der Waals surface area (Å²) in [7, 11) is -3.18. The zero-order valence-corrected chi connectivity index (χ0v) is 11.7. The second kappa shape index (κ2) is 5.25. The number of sulfonamides is 1. The summed E-state index contributed by atoms with van der Waals surface area (Å²) in [5.41, 5.74) is 0.943. The van der Waals surface area contributed by atoms with Gasteiger partial charge in [-0.05, 0) is 20.8 Å². The molecule has 0 aromatic carbocycles. The normalized spacial score (nSPS) is 12.6. The van der Waals surface area contributed by atoms with Gasteiger partial charge in [-0.2, -0.15) is 4.31 Å². The maximum absolute atomic E-state index is 12.0. The smallest absolute Gasteiger partial charge is 0.216 e. The molecule has 0 amide bonds. The number of rotatable bonds is 5. The van der Waals surface area contributed by atoms with Crippen molar-refractivity contribution in [3.8, 4) is 0 Å². The van der Waals surface area contributed by atoms with Crippen LogP contribution in [0, 0.1) is 6.92 Å². The lowest BCUT2D eigenvalue weighted by molar-refractivity contribution is 0.417. The summed E-state index contributed by atoms with van der Waals surface area (Å²) in [4.78, 5) is 4.28. The molecule has 6 heteroatoms. The molecule has 0 fully saturated rings. The molecule has 0 saturated heterocycles. The molecule has 0 N–H and O–H groups in total. The lowest BCUT2D eigenvalue weighted by Crippen LogP contribution is -2.35. The predicted molar refractivity (Wildman–Crippen MR) is 67.0 cm³/mol. The fraction of sp³-hybridized carbons (Fsp3) is 0.700. The Labute approximate surface area is 101 Å². The molecule has 0 aliphatic heterocycles.